The van der Waals surface area contributed by atoms with Gasteiger partial charge in [0.05, 0.1) is 6.54 Å². The fourth-order valence-corrected chi connectivity index (χ4v) is 4.41. The summed E-state index contributed by atoms with van der Waals surface area (Å²) in [4.78, 5) is 0.131. The molecule has 2 heterocycles. The minimum absolute atomic E-state index is 0.131. The number of hydrazone groups is 1. The van der Waals surface area contributed by atoms with E-state index in [-0.39, 0.29) is 4.90 Å². The van der Waals surface area contributed by atoms with Crippen molar-refractivity contribution >= 4 is 44.3 Å². The van der Waals surface area contributed by atoms with Crippen LogP contribution in [0.3, 0.4) is 0 Å². The van der Waals surface area contributed by atoms with Crippen LogP contribution in [0.4, 0.5) is 5.69 Å². The van der Waals surface area contributed by atoms with E-state index >= 15 is 0 Å². The number of hydrogen-bond acceptors (Lipinski definition) is 7. The molecule has 1 atom stereocenters. The lowest BCUT2D eigenvalue weighted by molar-refractivity contribution is 0.210. The van der Waals surface area contributed by atoms with Crippen molar-refractivity contribution in [2.45, 2.75) is 31.6 Å². The third kappa shape index (κ3) is 5.26. The number of benzene rings is 1. The maximum Gasteiger partial charge on any atom is 0.314 e. The van der Waals surface area contributed by atoms with E-state index in [0.717, 1.165) is 37.2 Å². The summed E-state index contributed by atoms with van der Waals surface area (Å²) in [5, 5.41) is 15.6. The van der Waals surface area contributed by atoms with Gasteiger partial charge in [-0.1, -0.05) is 13.8 Å². The highest BCUT2D eigenvalue weighted by atomic mass is 79.9. The average Bonchev–Trinajstić information content (AvgIpc) is 3.28. The van der Waals surface area contributed by atoms with Crippen LogP contribution in [0.2, 0.25) is 0 Å². The predicted octanol–water partition coefficient (Wildman–Crippen LogP) is 2.57. The SMILES string of the molecule is CCC1C=NN(C=N)C1.CCNOS(=O)(=O)c1cc2c(cc1Br)CCN2. The van der Waals surface area contributed by atoms with Crippen molar-refractivity contribution in [1.82, 2.24) is 10.5 Å². The Morgan fingerprint density at radius 3 is 2.85 bits per heavy atom. The Morgan fingerprint density at radius 1 is 1.50 bits per heavy atom. The summed E-state index contributed by atoms with van der Waals surface area (Å²) >= 11 is 3.26. The minimum atomic E-state index is -3.77. The number of rotatable bonds is 6. The highest BCUT2D eigenvalue weighted by molar-refractivity contribution is 9.10. The standard InChI is InChI=1S/C10H13BrN2O3S.C6H11N3/c1-2-13-16-17(14,15)10-6-9-7(3-4-12-9)5-8(10)11;1-2-6-3-8-9(4-6)5-7/h5-6,12-13H,2-4H2,1H3;3,5-7H,2,4H2,1H3. The van der Waals surface area contributed by atoms with Gasteiger partial charge in [-0.05, 0) is 46.5 Å². The molecule has 0 aromatic heterocycles. The van der Waals surface area contributed by atoms with E-state index in [1.165, 1.54) is 6.34 Å². The van der Waals surface area contributed by atoms with Gasteiger partial charge in [-0.3, -0.25) is 10.4 Å². The van der Waals surface area contributed by atoms with Gasteiger partial charge in [-0.15, -0.1) is 0 Å². The van der Waals surface area contributed by atoms with Crippen molar-refractivity contribution in [2.75, 3.05) is 25.0 Å². The molecule has 0 spiro atoms. The highest BCUT2D eigenvalue weighted by Crippen LogP contribution is 2.32. The number of nitrogens with one attached hydrogen (secondary N) is 3. The van der Waals surface area contributed by atoms with Crippen LogP contribution in [0.5, 0.6) is 0 Å². The third-order valence-electron chi connectivity index (χ3n) is 3.97. The topological polar surface area (TPSA) is 107 Å². The van der Waals surface area contributed by atoms with Crippen LogP contribution in [0.25, 0.3) is 0 Å². The first-order valence-electron chi connectivity index (χ1n) is 8.45. The molecular formula is C16H24BrN5O3S. The summed E-state index contributed by atoms with van der Waals surface area (Å²) in [5.41, 5.74) is 4.32. The number of nitrogens with zero attached hydrogens (tertiary/aromatic N) is 2. The Balaban J connectivity index is 0.000000228. The van der Waals surface area contributed by atoms with E-state index < -0.39 is 10.1 Å². The first-order chi connectivity index (χ1) is 12.4. The molecule has 3 N–H and O–H groups in total. The molecule has 0 fully saturated rings. The molecule has 1 unspecified atom stereocenters. The maximum absolute atomic E-state index is 11.9. The fourth-order valence-electron chi connectivity index (χ4n) is 2.51. The summed E-state index contributed by atoms with van der Waals surface area (Å²) in [7, 11) is -3.77. The van der Waals surface area contributed by atoms with Gasteiger partial charge in [0.25, 0.3) is 0 Å². The number of fused-ring (bicyclic) bond motifs is 1. The van der Waals surface area contributed by atoms with E-state index in [1.54, 1.807) is 18.0 Å². The summed E-state index contributed by atoms with van der Waals surface area (Å²) in [6.45, 7) is 6.03. The van der Waals surface area contributed by atoms with Gasteiger partial charge in [-0.2, -0.15) is 23.3 Å². The van der Waals surface area contributed by atoms with Crippen LogP contribution in [-0.2, 0) is 20.8 Å². The second kappa shape index (κ2) is 9.45. The monoisotopic (exact) mass is 445 g/mol. The lowest BCUT2D eigenvalue weighted by Gasteiger charge is -2.09. The van der Waals surface area contributed by atoms with Crippen LogP contribution in [0, 0.1) is 11.3 Å². The van der Waals surface area contributed by atoms with Crippen molar-refractivity contribution in [3.8, 4) is 0 Å². The van der Waals surface area contributed by atoms with Crippen LogP contribution in [0.1, 0.15) is 25.8 Å². The molecule has 0 saturated carbocycles. The highest BCUT2D eigenvalue weighted by Gasteiger charge is 2.23. The van der Waals surface area contributed by atoms with Crippen molar-refractivity contribution in [3.05, 3.63) is 22.2 Å². The van der Waals surface area contributed by atoms with E-state index in [4.69, 9.17) is 5.41 Å². The average molecular weight is 446 g/mol. The normalized spacial score (nSPS) is 18.1. The molecule has 8 nitrogen and oxygen atoms in total. The molecule has 3 rings (SSSR count). The van der Waals surface area contributed by atoms with E-state index in [9.17, 15) is 8.42 Å². The van der Waals surface area contributed by atoms with Crippen LogP contribution in [-0.4, -0.2) is 45.6 Å². The largest absolute Gasteiger partial charge is 0.384 e. The summed E-state index contributed by atoms with van der Waals surface area (Å²) in [6, 6.07) is 3.41. The number of hydrogen-bond donors (Lipinski definition) is 3. The zero-order valence-electron chi connectivity index (χ0n) is 14.8. The fraction of sp³-hybridized carbons (Fsp3) is 0.500. The van der Waals surface area contributed by atoms with Gasteiger partial charge >= 0.3 is 10.1 Å². The third-order valence-corrected chi connectivity index (χ3v) is 6.10. The zero-order valence-corrected chi connectivity index (χ0v) is 17.2. The van der Waals surface area contributed by atoms with Crippen molar-refractivity contribution in [1.29, 1.82) is 5.41 Å². The van der Waals surface area contributed by atoms with Crippen LogP contribution < -0.4 is 10.8 Å². The lowest BCUT2D eigenvalue weighted by Crippen LogP contribution is -2.20. The molecule has 0 bridgehead atoms. The molecule has 2 aliphatic rings. The Kier molecular flexibility index (Phi) is 7.56. The molecule has 0 aliphatic carbocycles. The van der Waals surface area contributed by atoms with E-state index in [1.807, 2.05) is 12.3 Å². The summed E-state index contributed by atoms with van der Waals surface area (Å²) < 4.78 is 28.9. The second-order valence-corrected chi connectivity index (χ2v) is 8.20. The Bertz CT molecular complexity index is 769. The molecule has 144 valence electrons. The Hall–Kier alpha value is -1.49. The predicted molar refractivity (Wildman–Crippen MR) is 106 cm³/mol. The number of halogens is 1. The number of anilines is 1. The first kappa shape index (κ1) is 20.8. The Labute approximate surface area is 162 Å². The summed E-state index contributed by atoms with van der Waals surface area (Å²) in [5.74, 6) is 0.562. The number of hydroxylamine groups is 1. The molecule has 0 radical (unpaired) electrons. The van der Waals surface area contributed by atoms with Crippen molar-refractivity contribution < 1.29 is 12.7 Å². The Morgan fingerprint density at radius 2 is 2.27 bits per heavy atom. The maximum atomic E-state index is 11.9. The van der Waals surface area contributed by atoms with E-state index in [2.05, 4.69) is 43.0 Å². The molecule has 2 aliphatic heterocycles. The molecule has 1 aromatic carbocycles. The van der Waals surface area contributed by atoms with Gasteiger partial charge < -0.3 is 5.32 Å². The minimum Gasteiger partial charge on any atom is -0.384 e. The second-order valence-electron chi connectivity index (χ2n) is 5.84. The molecule has 10 heteroatoms. The van der Waals surface area contributed by atoms with Crippen LogP contribution in [0.15, 0.2) is 26.6 Å². The smallest absolute Gasteiger partial charge is 0.314 e. The molecule has 1 aromatic rings. The van der Waals surface area contributed by atoms with Gasteiger partial charge in [0.2, 0.25) is 0 Å². The zero-order chi connectivity index (χ0) is 19.2. The summed E-state index contributed by atoms with van der Waals surface area (Å²) in [6.07, 6.45) is 5.19. The van der Waals surface area contributed by atoms with Gasteiger partial charge in [0.1, 0.15) is 11.2 Å². The van der Waals surface area contributed by atoms with Crippen LogP contribution >= 0.6 is 15.9 Å². The van der Waals surface area contributed by atoms with Gasteiger partial charge in [-0.25, -0.2) is 0 Å². The van der Waals surface area contributed by atoms with Crippen molar-refractivity contribution in [2.24, 2.45) is 11.0 Å². The molecule has 0 amide bonds. The van der Waals surface area contributed by atoms with E-state index in [0.29, 0.717) is 16.9 Å². The van der Waals surface area contributed by atoms with Gasteiger partial charge in [0, 0.05) is 35.4 Å². The molecular weight excluding hydrogens is 422 g/mol. The first-order valence-corrected chi connectivity index (χ1v) is 10.6. The van der Waals surface area contributed by atoms with Gasteiger partial charge in [0.15, 0.2) is 0 Å². The molecule has 26 heavy (non-hydrogen) atoms. The lowest BCUT2D eigenvalue weighted by atomic mass is 10.1. The quantitative estimate of drug-likeness (QED) is 0.352. The molecule has 0 saturated heterocycles. The van der Waals surface area contributed by atoms with Crippen molar-refractivity contribution in [3.63, 3.8) is 0 Å².